The SMILES string of the molecule is CCC(C)(OC)c1nnc(CCCN)o1. The van der Waals surface area contributed by atoms with E-state index in [0.29, 0.717) is 18.3 Å². The molecule has 0 amide bonds. The van der Waals surface area contributed by atoms with Crippen LogP contribution in [0.4, 0.5) is 0 Å². The van der Waals surface area contributed by atoms with Crippen LogP contribution in [0.5, 0.6) is 0 Å². The van der Waals surface area contributed by atoms with Gasteiger partial charge in [-0.2, -0.15) is 0 Å². The van der Waals surface area contributed by atoms with Crippen LogP contribution < -0.4 is 5.73 Å². The molecule has 0 aromatic carbocycles. The van der Waals surface area contributed by atoms with E-state index in [1.54, 1.807) is 7.11 Å². The fourth-order valence-corrected chi connectivity index (χ4v) is 1.20. The molecular formula is C10H19N3O2. The molecule has 2 N–H and O–H groups in total. The fourth-order valence-electron chi connectivity index (χ4n) is 1.20. The van der Waals surface area contributed by atoms with Gasteiger partial charge in [-0.25, -0.2) is 0 Å². The number of rotatable bonds is 6. The van der Waals surface area contributed by atoms with Crippen LogP contribution in [0.25, 0.3) is 0 Å². The standard InChI is InChI=1S/C10H19N3O2/c1-4-10(2,14-3)9-13-12-8(15-9)6-5-7-11/h4-7,11H2,1-3H3. The van der Waals surface area contributed by atoms with Crippen molar-refractivity contribution in [2.75, 3.05) is 13.7 Å². The molecule has 0 bridgehead atoms. The molecule has 0 saturated heterocycles. The highest BCUT2D eigenvalue weighted by Crippen LogP contribution is 2.26. The summed E-state index contributed by atoms with van der Waals surface area (Å²) in [5.41, 5.74) is 4.93. The summed E-state index contributed by atoms with van der Waals surface area (Å²) < 4.78 is 10.9. The van der Waals surface area contributed by atoms with Gasteiger partial charge in [0.2, 0.25) is 11.8 Å². The van der Waals surface area contributed by atoms with Crippen molar-refractivity contribution in [2.24, 2.45) is 5.73 Å². The summed E-state index contributed by atoms with van der Waals surface area (Å²) in [6.45, 7) is 4.59. The second-order valence-corrected chi connectivity index (χ2v) is 3.68. The van der Waals surface area contributed by atoms with Crippen molar-refractivity contribution in [3.63, 3.8) is 0 Å². The van der Waals surface area contributed by atoms with Gasteiger partial charge in [-0.3, -0.25) is 0 Å². The van der Waals surface area contributed by atoms with E-state index >= 15 is 0 Å². The zero-order valence-electron chi connectivity index (χ0n) is 9.62. The van der Waals surface area contributed by atoms with Crippen molar-refractivity contribution in [1.29, 1.82) is 0 Å². The number of aromatic nitrogens is 2. The van der Waals surface area contributed by atoms with Gasteiger partial charge in [0.05, 0.1) is 0 Å². The first-order chi connectivity index (χ1) is 7.16. The molecule has 0 radical (unpaired) electrons. The number of hydrogen-bond acceptors (Lipinski definition) is 5. The molecule has 1 aromatic rings. The van der Waals surface area contributed by atoms with E-state index in [1.807, 2.05) is 13.8 Å². The Labute approximate surface area is 90.0 Å². The fraction of sp³-hybridized carbons (Fsp3) is 0.800. The van der Waals surface area contributed by atoms with E-state index in [1.165, 1.54) is 0 Å². The Kier molecular flexibility index (Phi) is 4.23. The predicted octanol–water partition coefficient (Wildman–Crippen LogP) is 1.23. The number of ether oxygens (including phenoxy) is 1. The van der Waals surface area contributed by atoms with Gasteiger partial charge >= 0.3 is 0 Å². The lowest BCUT2D eigenvalue weighted by Gasteiger charge is -2.21. The third-order valence-electron chi connectivity index (χ3n) is 2.64. The van der Waals surface area contributed by atoms with Gasteiger partial charge in [0.25, 0.3) is 0 Å². The second kappa shape index (κ2) is 5.23. The van der Waals surface area contributed by atoms with Gasteiger partial charge in [0, 0.05) is 13.5 Å². The van der Waals surface area contributed by atoms with Gasteiger partial charge in [-0.15, -0.1) is 10.2 Å². The van der Waals surface area contributed by atoms with Crippen LogP contribution in [-0.2, 0) is 16.8 Å². The second-order valence-electron chi connectivity index (χ2n) is 3.68. The average molecular weight is 213 g/mol. The molecule has 15 heavy (non-hydrogen) atoms. The molecule has 0 saturated carbocycles. The van der Waals surface area contributed by atoms with E-state index in [2.05, 4.69) is 10.2 Å². The maximum Gasteiger partial charge on any atom is 0.247 e. The summed E-state index contributed by atoms with van der Waals surface area (Å²) in [5.74, 6) is 1.17. The molecule has 1 aromatic heterocycles. The smallest absolute Gasteiger partial charge is 0.247 e. The minimum absolute atomic E-state index is 0.478. The topological polar surface area (TPSA) is 74.2 Å². The van der Waals surface area contributed by atoms with E-state index < -0.39 is 5.60 Å². The van der Waals surface area contributed by atoms with Crippen LogP contribution in [0.15, 0.2) is 4.42 Å². The van der Waals surface area contributed by atoms with Crippen molar-refractivity contribution in [3.8, 4) is 0 Å². The first-order valence-electron chi connectivity index (χ1n) is 5.24. The average Bonchev–Trinajstić information content (AvgIpc) is 2.74. The lowest BCUT2D eigenvalue weighted by atomic mass is 10.0. The quantitative estimate of drug-likeness (QED) is 0.769. The molecule has 86 valence electrons. The third kappa shape index (κ3) is 2.76. The van der Waals surface area contributed by atoms with Gasteiger partial charge in [0.1, 0.15) is 5.60 Å². The number of hydrogen-bond donors (Lipinski definition) is 1. The Balaban J connectivity index is 2.74. The lowest BCUT2D eigenvalue weighted by Crippen LogP contribution is -2.23. The van der Waals surface area contributed by atoms with Crippen LogP contribution in [-0.4, -0.2) is 23.9 Å². The minimum Gasteiger partial charge on any atom is -0.422 e. The van der Waals surface area contributed by atoms with E-state index in [9.17, 15) is 0 Å². The molecule has 1 atom stereocenters. The highest BCUT2D eigenvalue weighted by atomic mass is 16.5. The maximum atomic E-state index is 5.53. The van der Waals surface area contributed by atoms with Crippen LogP contribution in [0.3, 0.4) is 0 Å². The van der Waals surface area contributed by atoms with Gasteiger partial charge in [-0.1, -0.05) is 6.92 Å². The lowest BCUT2D eigenvalue weighted by molar-refractivity contribution is -0.0242. The van der Waals surface area contributed by atoms with Crippen LogP contribution in [0.1, 0.15) is 38.5 Å². The normalized spacial score (nSPS) is 15.2. The van der Waals surface area contributed by atoms with Crippen molar-refractivity contribution < 1.29 is 9.15 Å². The van der Waals surface area contributed by atoms with Crippen LogP contribution in [0, 0.1) is 0 Å². The molecule has 1 unspecified atom stereocenters. The Morgan fingerprint density at radius 1 is 1.47 bits per heavy atom. The Morgan fingerprint density at radius 2 is 2.20 bits per heavy atom. The molecule has 0 aliphatic carbocycles. The molecule has 0 fully saturated rings. The first-order valence-corrected chi connectivity index (χ1v) is 5.24. The first kappa shape index (κ1) is 12.1. The van der Waals surface area contributed by atoms with Crippen molar-refractivity contribution in [2.45, 2.75) is 38.7 Å². The van der Waals surface area contributed by atoms with Crippen molar-refractivity contribution in [3.05, 3.63) is 11.8 Å². The molecule has 5 nitrogen and oxygen atoms in total. The Hall–Kier alpha value is -0.940. The van der Waals surface area contributed by atoms with Crippen LogP contribution in [0.2, 0.25) is 0 Å². The zero-order valence-corrected chi connectivity index (χ0v) is 9.62. The zero-order chi connectivity index (χ0) is 11.3. The molecular weight excluding hydrogens is 194 g/mol. The highest BCUT2D eigenvalue weighted by molar-refractivity contribution is 4.95. The van der Waals surface area contributed by atoms with Crippen LogP contribution >= 0.6 is 0 Å². The van der Waals surface area contributed by atoms with E-state index in [-0.39, 0.29) is 0 Å². The van der Waals surface area contributed by atoms with Gasteiger partial charge < -0.3 is 14.9 Å². The summed E-state index contributed by atoms with van der Waals surface area (Å²) >= 11 is 0. The molecule has 5 heteroatoms. The number of nitrogens with zero attached hydrogens (tertiary/aromatic N) is 2. The van der Waals surface area contributed by atoms with E-state index in [4.69, 9.17) is 14.9 Å². The summed E-state index contributed by atoms with van der Waals surface area (Å²) in [4.78, 5) is 0. The minimum atomic E-state index is -0.478. The Morgan fingerprint density at radius 3 is 2.73 bits per heavy atom. The predicted molar refractivity (Wildman–Crippen MR) is 56.3 cm³/mol. The van der Waals surface area contributed by atoms with Gasteiger partial charge in [-0.05, 0) is 26.3 Å². The number of methoxy groups -OCH3 is 1. The monoisotopic (exact) mass is 213 g/mol. The molecule has 0 aliphatic rings. The van der Waals surface area contributed by atoms with E-state index in [0.717, 1.165) is 19.3 Å². The molecule has 1 rings (SSSR count). The maximum absolute atomic E-state index is 5.53. The summed E-state index contributed by atoms with van der Waals surface area (Å²) in [6, 6.07) is 0. The number of aryl methyl sites for hydroxylation is 1. The van der Waals surface area contributed by atoms with Gasteiger partial charge in [0.15, 0.2) is 0 Å². The highest BCUT2D eigenvalue weighted by Gasteiger charge is 2.30. The summed E-state index contributed by atoms with van der Waals surface area (Å²) in [6.07, 6.45) is 2.38. The Bertz CT molecular complexity index is 295. The van der Waals surface area contributed by atoms with Crippen molar-refractivity contribution >= 4 is 0 Å². The third-order valence-corrected chi connectivity index (χ3v) is 2.64. The summed E-state index contributed by atoms with van der Waals surface area (Å²) in [7, 11) is 1.65. The molecule has 0 aliphatic heterocycles. The molecule has 1 heterocycles. The van der Waals surface area contributed by atoms with Crippen molar-refractivity contribution in [1.82, 2.24) is 10.2 Å². The summed E-state index contributed by atoms with van der Waals surface area (Å²) in [5, 5.41) is 7.96. The largest absolute Gasteiger partial charge is 0.422 e. The number of nitrogens with two attached hydrogens (primary N) is 1. The molecule has 0 spiro atoms.